The molecule has 2 unspecified atom stereocenters. The Morgan fingerprint density at radius 3 is 2.35 bits per heavy atom. The van der Waals surface area contributed by atoms with E-state index in [9.17, 15) is 25.0 Å². The second-order valence-electron chi connectivity index (χ2n) is 3.92. The van der Waals surface area contributed by atoms with Crippen LogP contribution in [0.5, 0.6) is 0 Å². The predicted molar refractivity (Wildman–Crippen MR) is 73.2 cm³/mol. The maximum Gasteiger partial charge on any atom is 0.327 e. The summed E-state index contributed by atoms with van der Waals surface area (Å²) in [7, 11) is 0. The lowest BCUT2D eigenvalue weighted by molar-refractivity contribution is -0.393. The van der Waals surface area contributed by atoms with Crippen LogP contribution in [0.4, 0.5) is 17.1 Å². The van der Waals surface area contributed by atoms with E-state index in [1.165, 1.54) is 6.92 Å². The molecule has 0 radical (unpaired) electrons. The molecule has 0 saturated carbocycles. The lowest BCUT2D eigenvalue weighted by Gasteiger charge is -2.18. The van der Waals surface area contributed by atoms with Crippen molar-refractivity contribution < 1.29 is 19.7 Å². The highest BCUT2D eigenvalue weighted by Gasteiger charge is 2.26. The van der Waals surface area contributed by atoms with Crippen molar-refractivity contribution in [3.63, 3.8) is 0 Å². The van der Waals surface area contributed by atoms with Gasteiger partial charge in [0.1, 0.15) is 11.7 Å². The van der Waals surface area contributed by atoms with Gasteiger partial charge in [0.15, 0.2) is 0 Å². The largest absolute Gasteiger partial charge is 0.480 e. The van der Waals surface area contributed by atoms with Crippen LogP contribution < -0.4 is 5.32 Å². The Balaban J connectivity index is 3.20. The molecule has 0 aromatic heterocycles. The van der Waals surface area contributed by atoms with Crippen LogP contribution in [-0.2, 0) is 4.79 Å². The number of anilines is 1. The normalized spacial score (nSPS) is 13.3. The summed E-state index contributed by atoms with van der Waals surface area (Å²) in [4.78, 5) is 30.9. The van der Waals surface area contributed by atoms with Gasteiger partial charge >= 0.3 is 5.97 Å². The topological polar surface area (TPSA) is 136 Å². The molecule has 0 aliphatic carbocycles. The standard InChI is InChI=1S/C10H11N3O6S/c1-5(20)9(10(14)15)11-7-3-2-6(12(16)17)4-8(7)13(18)19/h2-5,9,11,20H,1H3,(H,14,15). The van der Waals surface area contributed by atoms with Crippen LogP contribution in [0.3, 0.4) is 0 Å². The number of benzene rings is 1. The first-order chi connectivity index (χ1) is 9.23. The molecule has 0 aliphatic heterocycles. The van der Waals surface area contributed by atoms with Crippen molar-refractivity contribution in [3.05, 3.63) is 38.4 Å². The zero-order valence-corrected chi connectivity index (χ0v) is 11.1. The Bertz CT molecular complexity index is 562. The van der Waals surface area contributed by atoms with Crippen LogP contribution in [0, 0.1) is 20.2 Å². The Morgan fingerprint density at radius 1 is 1.35 bits per heavy atom. The lowest BCUT2D eigenvalue weighted by atomic mass is 10.2. The van der Waals surface area contributed by atoms with E-state index in [2.05, 4.69) is 17.9 Å². The summed E-state index contributed by atoms with van der Waals surface area (Å²) in [5.74, 6) is -1.24. The van der Waals surface area contributed by atoms with Gasteiger partial charge in [-0.15, -0.1) is 0 Å². The molecule has 0 fully saturated rings. The quantitative estimate of drug-likeness (QED) is 0.413. The van der Waals surface area contributed by atoms with Crippen LogP contribution in [-0.4, -0.2) is 32.2 Å². The van der Waals surface area contributed by atoms with Crippen molar-refractivity contribution >= 4 is 35.7 Å². The number of hydrogen-bond donors (Lipinski definition) is 3. The highest BCUT2D eigenvalue weighted by molar-refractivity contribution is 7.81. The minimum Gasteiger partial charge on any atom is -0.480 e. The van der Waals surface area contributed by atoms with Gasteiger partial charge in [-0.3, -0.25) is 20.2 Å². The van der Waals surface area contributed by atoms with Gasteiger partial charge < -0.3 is 10.4 Å². The van der Waals surface area contributed by atoms with Gasteiger partial charge in [0.25, 0.3) is 11.4 Å². The number of carboxylic acids is 1. The number of aliphatic carboxylic acids is 1. The van der Waals surface area contributed by atoms with Gasteiger partial charge in [0.2, 0.25) is 0 Å². The highest BCUT2D eigenvalue weighted by atomic mass is 32.1. The average Bonchev–Trinajstić information content (AvgIpc) is 2.34. The summed E-state index contributed by atoms with van der Waals surface area (Å²) in [6.07, 6.45) is 0. The van der Waals surface area contributed by atoms with Crippen molar-refractivity contribution in [2.24, 2.45) is 0 Å². The third kappa shape index (κ3) is 3.57. The van der Waals surface area contributed by atoms with Crippen LogP contribution >= 0.6 is 12.6 Å². The number of nitro benzene ring substituents is 2. The molecule has 108 valence electrons. The SMILES string of the molecule is CC(S)C(Nc1ccc([N+](=O)[O-])cc1[N+](=O)[O-])C(=O)O. The lowest BCUT2D eigenvalue weighted by Crippen LogP contribution is -2.36. The molecule has 0 aliphatic rings. The molecule has 20 heavy (non-hydrogen) atoms. The second-order valence-corrected chi connectivity index (χ2v) is 4.73. The van der Waals surface area contributed by atoms with Crippen molar-refractivity contribution in [1.82, 2.24) is 0 Å². The molecule has 9 nitrogen and oxygen atoms in total. The smallest absolute Gasteiger partial charge is 0.327 e. The minimum atomic E-state index is -1.24. The van der Waals surface area contributed by atoms with E-state index < -0.39 is 38.5 Å². The van der Waals surface area contributed by atoms with E-state index in [4.69, 9.17) is 5.11 Å². The third-order valence-corrected chi connectivity index (χ3v) is 2.75. The van der Waals surface area contributed by atoms with Gasteiger partial charge in [-0.05, 0) is 6.07 Å². The Morgan fingerprint density at radius 2 is 1.95 bits per heavy atom. The van der Waals surface area contributed by atoms with E-state index in [0.717, 1.165) is 18.2 Å². The first-order valence-electron chi connectivity index (χ1n) is 5.34. The number of carbonyl (C=O) groups is 1. The molecule has 0 spiro atoms. The number of nitro groups is 2. The number of rotatable bonds is 6. The van der Waals surface area contributed by atoms with Crippen LogP contribution in [0.2, 0.25) is 0 Å². The highest BCUT2D eigenvalue weighted by Crippen LogP contribution is 2.30. The van der Waals surface area contributed by atoms with Crippen molar-refractivity contribution in [3.8, 4) is 0 Å². The molecule has 0 amide bonds. The minimum absolute atomic E-state index is 0.117. The van der Waals surface area contributed by atoms with Gasteiger partial charge in [0.05, 0.1) is 15.9 Å². The van der Waals surface area contributed by atoms with Gasteiger partial charge in [-0.1, -0.05) is 6.92 Å². The van der Waals surface area contributed by atoms with Crippen LogP contribution in [0.15, 0.2) is 18.2 Å². The van der Waals surface area contributed by atoms with Gasteiger partial charge in [-0.25, -0.2) is 4.79 Å². The molecule has 0 heterocycles. The van der Waals surface area contributed by atoms with Crippen molar-refractivity contribution in [1.29, 1.82) is 0 Å². The molecule has 1 rings (SSSR count). The molecule has 0 saturated heterocycles. The van der Waals surface area contributed by atoms with Crippen LogP contribution in [0.25, 0.3) is 0 Å². The zero-order valence-electron chi connectivity index (χ0n) is 10.2. The summed E-state index contributed by atoms with van der Waals surface area (Å²) in [6.45, 7) is 1.51. The van der Waals surface area contributed by atoms with Crippen molar-refractivity contribution in [2.45, 2.75) is 18.2 Å². The van der Waals surface area contributed by atoms with E-state index in [-0.39, 0.29) is 5.69 Å². The fourth-order valence-corrected chi connectivity index (χ4v) is 1.66. The summed E-state index contributed by atoms with van der Waals surface area (Å²) in [6, 6.07) is 1.75. The molecule has 1 aromatic carbocycles. The number of nitrogens with zero attached hydrogens (tertiary/aromatic N) is 2. The molecular formula is C10H11N3O6S. The Hall–Kier alpha value is -2.36. The third-order valence-electron chi connectivity index (χ3n) is 2.45. The summed E-state index contributed by atoms with van der Waals surface area (Å²) >= 11 is 3.98. The van der Waals surface area contributed by atoms with Gasteiger partial charge in [0, 0.05) is 11.3 Å². The number of carboxylic acid groups (broad SMARTS) is 1. The van der Waals surface area contributed by atoms with Crippen LogP contribution in [0.1, 0.15) is 6.92 Å². The van der Waals surface area contributed by atoms with E-state index in [1.807, 2.05) is 0 Å². The van der Waals surface area contributed by atoms with Gasteiger partial charge in [-0.2, -0.15) is 12.6 Å². The van der Waals surface area contributed by atoms with E-state index in [0.29, 0.717) is 0 Å². The number of hydrogen-bond acceptors (Lipinski definition) is 7. The number of thiol groups is 1. The molecule has 1 aromatic rings. The maximum absolute atomic E-state index is 11.0. The number of non-ortho nitro benzene ring substituents is 1. The first kappa shape index (κ1) is 15.7. The van der Waals surface area contributed by atoms with E-state index >= 15 is 0 Å². The molecule has 10 heteroatoms. The predicted octanol–water partition coefficient (Wildman–Crippen LogP) is 1.69. The fraction of sp³-hybridized carbons (Fsp3) is 0.300. The molecule has 2 atom stereocenters. The summed E-state index contributed by atoms with van der Waals surface area (Å²) < 4.78 is 0. The zero-order chi connectivity index (χ0) is 15.4. The Kier molecular flexibility index (Phi) is 4.86. The summed E-state index contributed by atoms with van der Waals surface area (Å²) in [5, 5.41) is 32.3. The second kappa shape index (κ2) is 6.19. The maximum atomic E-state index is 11.0. The average molecular weight is 301 g/mol. The number of nitrogens with one attached hydrogen (secondary N) is 1. The summed E-state index contributed by atoms with van der Waals surface area (Å²) in [5.41, 5.74) is -1.14. The fourth-order valence-electron chi connectivity index (χ4n) is 1.46. The van der Waals surface area contributed by atoms with Crippen molar-refractivity contribution in [2.75, 3.05) is 5.32 Å². The Labute approximate surface area is 118 Å². The van der Waals surface area contributed by atoms with E-state index in [1.54, 1.807) is 0 Å². The first-order valence-corrected chi connectivity index (χ1v) is 5.86. The monoisotopic (exact) mass is 301 g/mol. The molecule has 2 N–H and O–H groups in total. The molecule has 0 bridgehead atoms. The molecular weight excluding hydrogens is 290 g/mol.